The minimum atomic E-state index is 0.542. The molecule has 1 N–H and O–H groups in total. The zero-order valence-corrected chi connectivity index (χ0v) is 12.7. The van der Waals surface area contributed by atoms with Crippen molar-refractivity contribution >= 4 is 5.69 Å². The summed E-state index contributed by atoms with van der Waals surface area (Å²) in [5.41, 5.74) is 2.62. The number of para-hydroxylation sites is 1. The van der Waals surface area contributed by atoms with Gasteiger partial charge in [0, 0.05) is 18.8 Å². The lowest BCUT2D eigenvalue weighted by Crippen LogP contribution is -2.16. The average Bonchev–Trinajstić information content (AvgIpc) is 2.43. The summed E-state index contributed by atoms with van der Waals surface area (Å²) in [7, 11) is 1.76. The molecule has 19 heavy (non-hydrogen) atoms. The van der Waals surface area contributed by atoms with Crippen molar-refractivity contribution in [2.24, 2.45) is 0 Å². The smallest absolute Gasteiger partial charge is 0.0503 e. The molecule has 1 atom stereocenters. The fourth-order valence-corrected chi connectivity index (χ4v) is 2.31. The van der Waals surface area contributed by atoms with Crippen LogP contribution in [0.4, 0.5) is 5.69 Å². The molecule has 0 amide bonds. The molecule has 0 aliphatic carbocycles. The van der Waals surface area contributed by atoms with E-state index in [1.165, 1.54) is 43.4 Å². The zero-order valence-electron chi connectivity index (χ0n) is 12.7. The Balaban J connectivity index is 2.41. The molecule has 0 saturated carbocycles. The summed E-state index contributed by atoms with van der Waals surface area (Å²) in [4.78, 5) is 0. The van der Waals surface area contributed by atoms with Crippen LogP contribution in [0.15, 0.2) is 24.3 Å². The van der Waals surface area contributed by atoms with Crippen molar-refractivity contribution in [1.82, 2.24) is 0 Å². The molecule has 2 nitrogen and oxygen atoms in total. The molecule has 1 aromatic rings. The van der Waals surface area contributed by atoms with Crippen LogP contribution in [0.2, 0.25) is 0 Å². The molecule has 0 heterocycles. The zero-order chi connectivity index (χ0) is 13.9. The van der Waals surface area contributed by atoms with Crippen LogP contribution in [0, 0.1) is 0 Å². The Labute approximate surface area is 118 Å². The Bertz CT molecular complexity index is 338. The maximum absolute atomic E-state index is 5.17. The summed E-state index contributed by atoms with van der Waals surface area (Å²) < 4.78 is 5.17. The monoisotopic (exact) mass is 263 g/mol. The molecule has 0 aromatic heterocycles. The van der Waals surface area contributed by atoms with Gasteiger partial charge in [0.25, 0.3) is 0 Å². The molecule has 0 aliphatic rings. The van der Waals surface area contributed by atoms with E-state index in [4.69, 9.17) is 4.74 Å². The number of anilines is 1. The van der Waals surface area contributed by atoms with Crippen molar-refractivity contribution < 1.29 is 4.74 Å². The molecule has 108 valence electrons. The van der Waals surface area contributed by atoms with Gasteiger partial charge in [-0.2, -0.15) is 0 Å². The van der Waals surface area contributed by atoms with Gasteiger partial charge in [0.2, 0.25) is 0 Å². The van der Waals surface area contributed by atoms with E-state index >= 15 is 0 Å². The third-order valence-corrected chi connectivity index (χ3v) is 3.49. The summed E-state index contributed by atoms with van der Waals surface area (Å²) in [6.45, 7) is 5.32. The lowest BCUT2D eigenvalue weighted by Gasteiger charge is -2.18. The van der Waals surface area contributed by atoms with Crippen LogP contribution in [-0.4, -0.2) is 19.8 Å². The van der Waals surface area contributed by atoms with Gasteiger partial charge in [0.1, 0.15) is 0 Å². The summed E-state index contributed by atoms with van der Waals surface area (Å²) in [5.74, 6) is 0. The Morgan fingerprint density at radius 2 is 1.95 bits per heavy atom. The molecule has 0 radical (unpaired) electrons. The van der Waals surface area contributed by atoms with Crippen molar-refractivity contribution in [2.75, 3.05) is 19.0 Å². The number of rotatable bonds is 10. The standard InChI is InChI=1S/C17H29NO/c1-4-5-6-7-10-15(2)18-17-12-9-8-11-16(17)13-14-19-3/h8-9,11-12,15,18H,4-7,10,13-14H2,1-3H3. The Hall–Kier alpha value is -1.02. The van der Waals surface area contributed by atoms with Crippen LogP contribution >= 0.6 is 0 Å². The fourth-order valence-electron chi connectivity index (χ4n) is 2.31. The van der Waals surface area contributed by atoms with Crippen LogP contribution in [-0.2, 0) is 11.2 Å². The van der Waals surface area contributed by atoms with E-state index < -0.39 is 0 Å². The van der Waals surface area contributed by atoms with Crippen LogP contribution < -0.4 is 5.32 Å². The van der Waals surface area contributed by atoms with Gasteiger partial charge in [-0.25, -0.2) is 0 Å². The Morgan fingerprint density at radius 1 is 1.16 bits per heavy atom. The maximum atomic E-state index is 5.17. The van der Waals surface area contributed by atoms with Gasteiger partial charge in [-0.3, -0.25) is 0 Å². The van der Waals surface area contributed by atoms with Crippen molar-refractivity contribution in [3.05, 3.63) is 29.8 Å². The molecule has 0 spiro atoms. The first kappa shape index (κ1) is 16.0. The molecule has 0 fully saturated rings. The predicted molar refractivity (Wildman–Crippen MR) is 83.9 cm³/mol. The van der Waals surface area contributed by atoms with Crippen LogP contribution in [0.1, 0.15) is 51.5 Å². The lowest BCUT2D eigenvalue weighted by molar-refractivity contribution is 0.202. The third kappa shape index (κ3) is 6.63. The van der Waals surface area contributed by atoms with Crippen LogP contribution in [0.3, 0.4) is 0 Å². The second kappa shape index (κ2) is 9.85. The lowest BCUT2D eigenvalue weighted by atomic mass is 10.1. The first-order chi connectivity index (χ1) is 9.27. The van der Waals surface area contributed by atoms with E-state index in [2.05, 4.69) is 43.4 Å². The van der Waals surface area contributed by atoms with E-state index in [0.29, 0.717) is 6.04 Å². The number of unbranched alkanes of at least 4 members (excludes halogenated alkanes) is 3. The highest BCUT2D eigenvalue weighted by Gasteiger charge is 2.05. The largest absolute Gasteiger partial charge is 0.384 e. The SMILES string of the molecule is CCCCCCC(C)Nc1ccccc1CCOC. The fraction of sp³-hybridized carbons (Fsp3) is 0.647. The third-order valence-electron chi connectivity index (χ3n) is 3.49. The van der Waals surface area contributed by atoms with Crippen molar-refractivity contribution in [3.63, 3.8) is 0 Å². The number of ether oxygens (including phenoxy) is 1. The molecule has 0 bridgehead atoms. The first-order valence-corrected chi connectivity index (χ1v) is 7.61. The number of methoxy groups -OCH3 is 1. The minimum absolute atomic E-state index is 0.542. The van der Waals surface area contributed by atoms with Gasteiger partial charge in [0.15, 0.2) is 0 Å². The molecule has 2 heteroatoms. The van der Waals surface area contributed by atoms with E-state index in [1.54, 1.807) is 7.11 Å². The summed E-state index contributed by atoms with van der Waals surface area (Å²) in [5, 5.41) is 3.64. The molecular weight excluding hydrogens is 234 g/mol. The van der Waals surface area contributed by atoms with E-state index in [9.17, 15) is 0 Å². The van der Waals surface area contributed by atoms with E-state index in [0.717, 1.165) is 13.0 Å². The van der Waals surface area contributed by atoms with Gasteiger partial charge >= 0.3 is 0 Å². The molecule has 1 rings (SSSR count). The maximum Gasteiger partial charge on any atom is 0.0503 e. The van der Waals surface area contributed by atoms with Crippen LogP contribution in [0.5, 0.6) is 0 Å². The topological polar surface area (TPSA) is 21.3 Å². The minimum Gasteiger partial charge on any atom is -0.384 e. The molecule has 0 saturated heterocycles. The molecular formula is C17H29NO. The highest BCUT2D eigenvalue weighted by Crippen LogP contribution is 2.18. The van der Waals surface area contributed by atoms with Gasteiger partial charge in [-0.1, -0.05) is 50.8 Å². The summed E-state index contributed by atoms with van der Waals surface area (Å²) >= 11 is 0. The van der Waals surface area contributed by atoms with Gasteiger partial charge in [-0.05, 0) is 31.4 Å². The van der Waals surface area contributed by atoms with Gasteiger partial charge in [-0.15, -0.1) is 0 Å². The van der Waals surface area contributed by atoms with E-state index in [1.807, 2.05) is 0 Å². The second-order valence-electron chi connectivity index (χ2n) is 5.29. The van der Waals surface area contributed by atoms with Crippen LogP contribution in [0.25, 0.3) is 0 Å². The first-order valence-electron chi connectivity index (χ1n) is 7.61. The average molecular weight is 263 g/mol. The van der Waals surface area contributed by atoms with Crippen molar-refractivity contribution in [3.8, 4) is 0 Å². The number of hydrogen-bond acceptors (Lipinski definition) is 2. The highest BCUT2D eigenvalue weighted by molar-refractivity contribution is 5.51. The van der Waals surface area contributed by atoms with E-state index in [-0.39, 0.29) is 0 Å². The summed E-state index contributed by atoms with van der Waals surface area (Å²) in [6.07, 6.45) is 7.57. The van der Waals surface area contributed by atoms with Gasteiger partial charge in [0.05, 0.1) is 6.61 Å². The molecule has 1 aromatic carbocycles. The Kier molecular flexibility index (Phi) is 8.31. The quantitative estimate of drug-likeness (QED) is 0.621. The molecule has 0 aliphatic heterocycles. The predicted octanol–water partition coefficient (Wildman–Crippen LogP) is 4.65. The normalized spacial score (nSPS) is 12.4. The number of nitrogens with one attached hydrogen (secondary N) is 1. The number of benzene rings is 1. The Morgan fingerprint density at radius 3 is 2.68 bits per heavy atom. The highest BCUT2D eigenvalue weighted by atomic mass is 16.5. The summed E-state index contributed by atoms with van der Waals surface area (Å²) in [6, 6.07) is 9.10. The van der Waals surface area contributed by atoms with Crippen molar-refractivity contribution in [1.29, 1.82) is 0 Å². The number of hydrogen-bond donors (Lipinski definition) is 1. The van der Waals surface area contributed by atoms with Crippen molar-refractivity contribution in [2.45, 2.75) is 58.4 Å². The van der Waals surface area contributed by atoms with Gasteiger partial charge < -0.3 is 10.1 Å². The second-order valence-corrected chi connectivity index (χ2v) is 5.29. The molecule has 1 unspecified atom stereocenters.